The Morgan fingerprint density at radius 1 is 1.21 bits per heavy atom. The second-order valence-electron chi connectivity index (χ2n) is 7.02. The van der Waals surface area contributed by atoms with E-state index in [1.165, 1.54) is 12.1 Å². The van der Waals surface area contributed by atoms with Gasteiger partial charge in [-0.3, -0.25) is 0 Å². The lowest BCUT2D eigenvalue weighted by Gasteiger charge is -2.38. The zero-order chi connectivity index (χ0) is 20.3. The average Bonchev–Trinajstić information content (AvgIpc) is 2.60. The smallest absolute Gasteiger partial charge is 0.406 e. The molecule has 3 rings (SSSR count). The molecule has 1 atom stereocenters. The molecule has 1 N–H and O–H groups in total. The van der Waals surface area contributed by atoms with Crippen LogP contribution in [0.25, 0.3) is 0 Å². The lowest BCUT2D eigenvalue weighted by atomic mass is 10.0. The molecule has 0 fully saturated rings. The maximum Gasteiger partial charge on any atom is 0.573 e. The Balaban J connectivity index is 1.86. The van der Waals surface area contributed by atoms with Gasteiger partial charge in [0.05, 0.1) is 17.4 Å². The largest absolute Gasteiger partial charge is 0.573 e. The van der Waals surface area contributed by atoms with E-state index in [0.717, 1.165) is 28.1 Å². The highest BCUT2D eigenvalue weighted by Gasteiger charge is 2.31. The Morgan fingerprint density at radius 3 is 2.68 bits per heavy atom. The van der Waals surface area contributed by atoms with Gasteiger partial charge >= 0.3 is 6.36 Å². The molecule has 1 unspecified atom stereocenters. The number of halogens is 3. The highest BCUT2D eigenvalue weighted by Crippen LogP contribution is 2.34. The van der Waals surface area contributed by atoms with Gasteiger partial charge < -0.3 is 15.0 Å². The topological polar surface area (TPSA) is 24.5 Å². The second kappa shape index (κ2) is 8.00. The van der Waals surface area contributed by atoms with Gasteiger partial charge in [0.25, 0.3) is 0 Å². The molecular formula is C22H23F3N2O. The van der Waals surface area contributed by atoms with Gasteiger partial charge in [-0.1, -0.05) is 42.5 Å². The van der Waals surface area contributed by atoms with Crippen molar-refractivity contribution in [3.8, 4) is 5.75 Å². The van der Waals surface area contributed by atoms with Gasteiger partial charge in [-0.05, 0) is 49.2 Å². The molecule has 6 heteroatoms. The number of nitrogens with one attached hydrogen (secondary N) is 1. The zero-order valence-electron chi connectivity index (χ0n) is 15.9. The van der Waals surface area contributed by atoms with Crippen LogP contribution in [-0.4, -0.2) is 18.9 Å². The fraction of sp³-hybridized carbons (Fsp3) is 0.273. The van der Waals surface area contributed by atoms with Crippen LogP contribution in [-0.2, 0) is 6.54 Å². The summed E-state index contributed by atoms with van der Waals surface area (Å²) in [5.74, 6) is -0.205. The van der Waals surface area contributed by atoms with E-state index in [1.807, 2.05) is 37.3 Å². The predicted octanol–water partition coefficient (Wildman–Crippen LogP) is 5.91. The number of hydrogen-bond donors (Lipinski definition) is 1. The Kier molecular flexibility index (Phi) is 5.68. The minimum Gasteiger partial charge on any atom is -0.406 e. The number of anilines is 2. The van der Waals surface area contributed by atoms with E-state index in [9.17, 15) is 13.2 Å². The van der Waals surface area contributed by atoms with Gasteiger partial charge in [0, 0.05) is 13.1 Å². The number of nitrogens with zero attached hydrogens (tertiary/aromatic N) is 1. The van der Waals surface area contributed by atoms with E-state index >= 15 is 0 Å². The minimum atomic E-state index is -4.70. The molecule has 0 aliphatic carbocycles. The molecule has 0 radical (unpaired) electrons. The molecule has 2 aromatic rings. The van der Waals surface area contributed by atoms with Crippen molar-refractivity contribution in [2.45, 2.75) is 32.8 Å². The van der Waals surface area contributed by atoms with Crippen LogP contribution in [0.2, 0.25) is 0 Å². The van der Waals surface area contributed by atoms with Crippen LogP contribution in [0.5, 0.6) is 5.75 Å². The van der Waals surface area contributed by atoms with Crippen LogP contribution in [0.3, 0.4) is 0 Å². The van der Waals surface area contributed by atoms with Crippen molar-refractivity contribution >= 4 is 11.4 Å². The summed E-state index contributed by atoms with van der Waals surface area (Å²) in [5, 5.41) is 3.54. The normalized spacial score (nSPS) is 17.0. The van der Waals surface area contributed by atoms with Crippen molar-refractivity contribution in [2.24, 2.45) is 0 Å². The van der Waals surface area contributed by atoms with Crippen LogP contribution in [0, 0.1) is 0 Å². The number of benzene rings is 2. The van der Waals surface area contributed by atoms with E-state index in [4.69, 9.17) is 0 Å². The standard InChI is InChI=1S/C22H23F3N2O/c1-15(2)11-16(3)20-14-27(21-10-5-4-9-19(21)26-20)13-17-7-6-8-18(12-17)28-22(23,24)25/h4-12,20,26H,1,13-14H2,2-3H3. The molecule has 0 amide bonds. The van der Waals surface area contributed by atoms with E-state index in [2.05, 4.69) is 28.5 Å². The van der Waals surface area contributed by atoms with Gasteiger partial charge in [0.2, 0.25) is 0 Å². The van der Waals surface area contributed by atoms with Gasteiger partial charge in [-0.2, -0.15) is 0 Å². The Bertz CT molecular complexity index is 889. The molecule has 0 aromatic heterocycles. The van der Waals surface area contributed by atoms with E-state index in [0.29, 0.717) is 13.1 Å². The summed E-state index contributed by atoms with van der Waals surface area (Å²) in [5.41, 5.74) is 4.89. The number of fused-ring (bicyclic) bond motifs is 1. The summed E-state index contributed by atoms with van der Waals surface area (Å²) in [6.07, 6.45) is -2.66. The van der Waals surface area contributed by atoms with Crippen molar-refractivity contribution < 1.29 is 17.9 Å². The summed E-state index contributed by atoms with van der Waals surface area (Å²) in [4.78, 5) is 2.17. The molecule has 28 heavy (non-hydrogen) atoms. The van der Waals surface area contributed by atoms with E-state index in [-0.39, 0.29) is 11.8 Å². The summed E-state index contributed by atoms with van der Waals surface area (Å²) in [6, 6.07) is 14.1. The maximum atomic E-state index is 12.5. The molecule has 148 valence electrons. The summed E-state index contributed by atoms with van der Waals surface area (Å²) in [7, 11) is 0. The number of para-hydroxylation sites is 2. The van der Waals surface area contributed by atoms with Crippen molar-refractivity contribution in [1.29, 1.82) is 0 Å². The van der Waals surface area contributed by atoms with Crippen LogP contribution in [0.15, 0.2) is 72.3 Å². The third-order valence-corrected chi connectivity index (χ3v) is 4.51. The minimum absolute atomic E-state index is 0.0845. The second-order valence-corrected chi connectivity index (χ2v) is 7.02. The predicted molar refractivity (Wildman–Crippen MR) is 107 cm³/mol. The van der Waals surface area contributed by atoms with Crippen LogP contribution in [0.4, 0.5) is 24.5 Å². The van der Waals surface area contributed by atoms with Crippen LogP contribution < -0.4 is 15.0 Å². The highest BCUT2D eigenvalue weighted by atomic mass is 19.4. The lowest BCUT2D eigenvalue weighted by Crippen LogP contribution is -2.41. The number of alkyl halides is 3. The molecule has 0 saturated heterocycles. The monoisotopic (exact) mass is 388 g/mol. The molecule has 0 spiro atoms. The molecule has 0 bridgehead atoms. The average molecular weight is 388 g/mol. The molecule has 1 aliphatic rings. The molecule has 2 aromatic carbocycles. The van der Waals surface area contributed by atoms with Crippen LogP contribution >= 0.6 is 0 Å². The quantitative estimate of drug-likeness (QED) is 0.645. The maximum absolute atomic E-state index is 12.5. The molecule has 1 heterocycles. The van der Waals surface area contributed by atoms with Gasteiger partial charge in [-0.15, -0.1) is 13.2 Å². The SMILES string of the molecule is C=C(C)C=C(C)C1CN(Cc2cccc(OC(F)(F)F)c2)c2ccccc2N1. The first kappa shape index (κ1) is 19.9. The molecule has 0 saturated carbocycles. The first-order valence-corrected chi connectivity index (χ1v) is 9.00. The van der Waals surface area contributed by atoms with Crippen molar-refractivity contribution in [3.63, 3.8) is 0 Å². The number of ether oxygens (including phenoxy) is 1. The first-order chi connectivity index (χ1) is 13.2. The number of rotatable bonds is 5. The summed E-state index contributed by atoms with van der Waals surface area (Å²) in [6.45, 7) is 9.11. The molecule has 3 nitrogen and oxygen atoms in total. The number of hydrogen-bond acceptors (Lipinski definition) is 3. The van der Waals surface area contributed by atoms with Crippen molar-refractivity contribution in [2.75, 3.05) is 16.8 Å². The Morgan fingerprint density at radius 2 is 1.96 bits per heavy atom. The fourth-order valence-electron chi connectivity index (χ4n) is 3.38. The molecule has 1 aliphatic heterocycles. The van der Waals surface area contributed by atoms with Gasteiger partial charge in [-0.25, -0.2) is 0 Å². The van der Waals surface area contributed by atoms with Gasteiger partial charge in [0.1, 0.15) is 5.75 Å². The third kappa shape index (κ3) is 5.09. The van der Waals surface area contributed by atoms with Crippen molar-refractivity contribution in [3.05, 3.63) is 77.9 Å². The van der Waals surface area contributed by atoms with E-state index < -0.39 is 6.36 Å². The van der Waals surface area contributed by atoms with E-state index in [1.54, 1.807) is 12.1 Å². The lowest BCUT2D eigenvalue weighted by molar-refractivity contribution is -0.274. The van der Waals surface area contributed by atoms with Crippen molar-refractivity contribution in [1.82, 2.24) is 0 Å². The zero-order valence-corrected chi connectivity index (χ0v) is 15.9. The number of allylic oxidation sites excluding steroid dienone is 2. The summed E-state index contributed by atoms with van der Waals surface area (Å²) < 4.78 is 41.6. The Hall–Kier alpha value is -2.89. The highest BCUT2D eigenvalue weighted by molar-refractivity contribution is 5.73. The van der Waals surface area contributed by atoms with Gasteiger partial charge in [0.15, 0.2) is 0 Å². The fourth-order valence-corrected chi connectivity index (χ4v) is 3.38. The third-order valence-electron chi connectivity index (χ3n) is 4.51. The Labute approximate surface area is 163 Å². The molecular weight excluding hydrogens is 365 g/mol. The first-order valence-electron chi connectivity index (χ1n) is 9.00. The van der Waals surface area contributed by atoms with Crippen LogP contribution in [0.1, 0.15) is 19.4 Å². The summed E-state index contributed by atoms with van der Waals surface area (Å²) >= 11 is 0.